The Balaban J connectivity index is 2.62. The molecule has 0 radical (unpaired) electrons. The summed E-state index contributed by atoms with van der Waals surface area (Å²) in [6.45, 7) is 3.61. The van der Waals surface area contributed by atoms with E-state index in [0.717, 1.165) is 0 Å². The van der Waals surface area contributed by atoms with Crippen LogP contribution >= 0.6 is 0 Å². The molecule has 62 valence electrons. The lowest BCUT2D eigenvalue weighted by Crippen LogP contribution is -2.52. The van der Waals surface area contributed by atoms with Gasteiger partial charge in [0.1, 0.15) is 5.92 Å². The first-order chi connectivity index (χ1) is 5.04. The first-order valence-electron chi connectivity index (χ1n) is 3.47. The van der Waals surface area contributed by atoms with E-state index in [0.29, 0.717) is 0 Å². The summed E-state index contributed by atoms with van der Waals surface area (Å²) < 4.78 is 4.44. The molecule has 1 saturated heterocycles. The van der Waals surface area contributed by atoms with E-state index in [1.165, 1.54) is 0 Å². The van der Waals surface area contributed by atoms with Crippen molar-refractivity contribution in [1.82, 2.24) is 0 Å². The third-order valence-electron chi connectivity index (χ3n) is 1.80. The van der Waals surface area contributed by atoms with Crippen molar-refractivity contribution in [2.75, 3.05) is 0 Å². The minimum atomic E-state index is -1.05. The van der Waals surface area contributed by atoms with Gasteiger partial charge in [0.2, 0.25) is 6.10 Å². The van der Waals surface area contributed by atoms with Gasteiger partial charge in [0, 0.05) is 0 Å². The summed E-state index contributed by atoms with van der Waals surface area (Å²) in [5, 5.41) is 8.49. The maximum Gasteiger partial charge on any atom is 0.345 e. The van der Waals surface area contributed by atoms with Crippen LogP contribution < -0.4 is 0 Å². The van der Waals surface area contributed by atoms with E-state index < -0.39 is 24.0 Å². The third-order valence-corrected chi connectivity index (χ3v) is 1.80. The molecule has 4 nitrogen and oxygen atoms in total. The summed E-state index contributed by atoms with van der Waals surface area (Å²) in [5.41, 5.74) is 0. The topological polar surface area (TPSA) is 63.6 Å². The number of carboxylic acid groups (broad SMARTS) is 1. The zero-order chi connectivity index (χ0) is 8.59. The largest absolute Gasteiger partial charge is 0.478 e. The molecule has 2 unspecified atom stereocenters. The van der Waals surface area contributed by atoms with Gasteiger partial charge >= 0.3 is 11.9 Å². The molecule has 1 N–H and O–H groups in total. The van der Waals surface area contributed by atoms with Crippen molar-refractivity contribution >= 4 is 11.9 Å². The fourth-order valence-corrected chi connectivity index (χ4v) is 1.15. The standard InChI is InChI=1S/C7H10O4/c1-3(2)4-5(6(8)9)11-7(4)10/h3-5H,1-2H3,(H,8,9). The molecule has 0 spiro atoms. The Morgan fingerprint density at radius 3 is 2.36 bits per heavy atom. The molecular weight excluding hydrogens is 148 g/mol. The van der Waals surface area contributed by atoms with E-state index in [1.807, 2.05) is 0 Å². The van der Waals surface area contributed by atoms with Gasteiger partial charge in [0.25, 0.3) is 0 Å². The van der Waals surface area contributed by atoms with E-state index in [1.54, 1.807) is 13.8 Å². The Kier molecular flexibility index (Phi) is 1.85. The van der Waals surface area contributed by atoms with E-state index in [9.17, 15) is 9.59 Å². The minimum Gasteiger partial charge on any atom is -0.478 e. The van der Waals surface area contributed by atoms with Crippen LogP contribution in [0, 0.1) is 11.8 Å². The van der Waals surface area contributed by atoms with E-state index in [2.05, 4.69) is 4.74 Å². The molecule has 0 aromatic heterocycles. The fraction of sp³-hybridized carbons (Fsp3) is 0.714. The monoisotopic (exact) mass is 158 g/mol. The van der Waals surface area contributed by atoms with Crippen molar-refractivity contribution in [1.29, 1.82) is 0 Å². The van der Waals surface area contributed by atoms with Gasteiger partial charge in [0.05, 0.1) is 0 Å². The van der Waals surface area contributed by atoms with Crippen molar-refractivity contribution in [3.05, 3.63) is 0 Å². The van der Waals surface area contributed by atoms with Crippen LogP contribution in [0.25, 0.3) is 0 Å². The summed E-state index contributed by atoms with van der Waals surface area (Å²) in [7, 11) is 0. The molecule has 0 bridgehead atoms. The predicted octanol–water partition coefficient (Wildman–Crippen LogP) is 0.269. The lowest BCUT2D eigenvalue weighted by atomic mass is 9.86. The lowest BCUT2D eigenvalue weighted by molar-refractivity contribution is -0.199. The molecule has 1 fully saturated rings. The molecule has 11 heavy (non-hydrogen) atoms. The van der Waals surface area contributed by atoms with Crippen LogP contribution in [0.15, 0.2) is 0 Å². The molecule has 1 aliphatic heterocycles. The summed E-state index contributed by atoms with van der Waals surface area (Å²) >= 11 is 0. The number of aliphatic carboxylic acids is 1. The quantitative estimate of drug-likeness (QED) is 0.586. The summed E-state index contributed by atoms with van der Waals surface area (Å²) in [4.78, 5) is 21.1. The maximum absolute atomic E-state index is 10.7. The number of carboxylic acids is 1. The van der Waals surface area contributed by atoms with Crippen LogP contribution in [-0.4, -0.2) is 23.1 Å². The van der Waals surface area contributed by atoms with Crippen LogP contribution in [0.5, 0.6) is 0 Å². The van der Waals surface area contributed by atoms with Gasteiger partial charge in [-0.2, -0.15) is 0 Å². The van der Waals surface area contributed by atoms with Gasteiger partial charge in [-0.3, -0.25) is 4.79 Å². The summed E-state index contributed by atoms with van der Waals surface area (Å²) in [6.07, 6.45) is -0.914. The van der Waals surface area contributed by atoms with Gasteiger partial charge in [-0.15, -0.1) is 0 Å². The van der Waals surface area contributed by atoms with Crippen LogP contribution in [-0.2, 0) is 14.3 Å². The van der Waals surface area contributed by atoms with E-state index in [4.69, 9.17) is 5.11 Å². The highest BCUT2D eigenvalue weighted by molar-refractivity contribution is 5.90. The van der Waals surface area contributed by atoms with Gasteiger partial charge in [-0.05, 0) is 5.92 Å². The average Bonchev–Trinajstić information content (AvgIpc) is 1.80. The summed E-state index contributed by atoms with van der Waals surface area (Å²) in [5.74, 6) is -1.86. The van der Waals surface area contributed by atoms with Crippen LogP contribution in [0.2, 0.25) is 0 Å². The van der Waals surface area contributed by atoms with E-state index >= 15 is 0 Å². The molecule has 1 rings (SSSR count). The number of cyclic esters (lactones) is 1. The molecule has 1 heterocycles. The third kappa shape index (κ3) is 1.20. The molecule has 0 saturated carbocycles. The second-order valence-electron chi connectivity index (χ2n) is 2.97. The number of hydrogen-bond donors (Lipinski definition) is 1. The lowest BCUT2D eigenvalue weighted by Gasteiger charge is -2.34. The van der Waals surface area contributed by atoms with Crippen LogP contribution in [0.4, 0.5) is 0 Å². The molecule has 0 aromatic carbocycles. The van der Waals surface area contributed by atoms with E-state index in [-0.39, 0.29) is 5.92 Å². The van der Waals surface area contributed by atoms with Gasteiger partial charge in [0.15, 0.2) is 0 Å². The van der Waals surface area contributed by atoms with Crippen molar-refractivity contribution in [2.24, 2.45) is 11.8 Å². The normalized spacial score (nSPS) is 29.5. The van der Waals surface area contributed by atoms with Gasteiger partial charge in [-0.1, -0.05) is 13.8 Å². The second-order valence-corrected chi connectivity index (χ2v) is 2.97. The smallest absolute Gasteiger partial charge is 0.345 e. The number of ether oxygens (including phenoxy) is 1. The molecule has 0 aromatic rings. The Morgan fingerprint density at radius 1 is 1.64 bits per heavy atom. The van der Waals surface area contributed by atoms with Crippen molar-refractivity contribution in [2.45, 2.75) is 20.0 Å². The molecule has 2 atom stereocenters. The molecule has 4 heteroatoms. The minimum absolute atomic E-state index is 0.0392. The highest BCUT2D eigenvalue weighted by Crippen LogP contribution is 2.29. The SMILES string of the molecule is CC(C)C1C(=O)OC1C(=O)O. The highest BCUT2D eigenvalue weighted by Gasteiger charge is 2.48. The maximum atomic E-state index is 10.7. The fourth-order valence-electron chi connectivity index (χ4n) is 1.15. The number of carbonyl (C=O) groups is 2. The zero-order valence-corrected chi connectivity index (χ0v) is 6.40. The van der Waals surface area contributed by atoms with Crippen LogP contribution in [0.3, 0.4) is 0 Å². The molecule has 0 amide bonds. The van der Waals surface area contributed by atoms with Gasteiger partial charge in [-0.25, -0.2) is 4.79 Å². The number of rotatable bonds is 2. The molecule has 0 aliphatic carbocycles. The number of hydrogen-bond acceptors (Lipinski definition) is 3. The first-order valence-corrected chi connectivity index (χ1v) is 3.47. The van der Waals surface area contributed by atoms with Crippen LogP contribution in [0.1, 0.15) is 13.8 Å². The van der Waals surface area contributed by atoms with Crippen molar-refractivity contribution in [3.63, 3.8) is 0 Å². The zero-order valence-electron chi connectivity index (χ0n) is 6.40. The predicted molar refractivity (Wildman–Crippen MR) is 35.8 cm³/mol. The van der Waals surface area contributed by atoms with Crippen molar-refractivity contribution < 1.29 is 19.4 Å². The van der Waals surface area contributed by atoms with Crippen molar-refractivity contribution in [3.8, 4) is 0 Å². The average molecular weight is 158 g/mol. The Bertz CT molecular complexity index is 197. The first kappa shape index (κ1) is 8.04. The molecule has 1 aliphatic rings. The Morgan fingerprint density at radius 2 is 2.18 bits per heavy atom. The number of esters is 1. The Hall–Kier alpha value is -1.06. The molecular formula is C7H10O4. The number of carbonyl (C=O) groups excluding carboxylic acids is 1. The second kappa shape index (κ2) is 2.53. The Labute approximate surface area is 64.2 Å². The highest BCUT2D eigenvalue weighted by atomic mass is 16.6. The summed E-state index contributed by atoms with van der Waals surface area (Å²) in [6, 6.07) is 0. The van der Waals surface area contributed by atoms with Gasteiger partial charge < -0.3 is 9.84 Å².